The lowest BCUT2D eigenvalue weighted by atomic mass is 10.1. The second-order valence-corrected chi connectivity index (χ2v) is 6.20. The smallest absolute Gasteiger partial charge is 0.355 e. The van der Waals surface area contributed by atoms with Gasteiger partial charge in [0.05, 0.1) is 0 Å². The number of ether oxygens (including phenoxy) is 1. The minimum absolute atomic E-state index is 0.116. The van der Waals surface area contributed by atoms with Crippen LogP contribution in [0.1, 0.15) is 20.8 Å². The van der Waals surface area contributed by atoms with Gasteiger partial charge in [0, 0.05) is 5.75 Å². The van der Waals surface area contributed by atoms with E-state index in [0.29, 0.717) is 11.4 Å². The molecule has 0 aromatic carbocycles. The summed E-state index contributed by atoms with van der Waals surface area (Å²) in [6.45, 7) is 5.39. The highest BCUT2D eigenvalue weighted by Crippen LogP contribution is 2.36. The minimum atomic E-state index is -0.561. The lowest BCUT2D eigenvalue weighted by Gasteiger charge is -2.47. The van der Waals surface area contributed by atoms with Crippen molar-refractivity contribution in [3.8, 4) is 0 Å². The number of carbonyl (C=O) groups excluding carboxylic acids is 2. The van der Waals surface area contributed by atoms with E-state index in [1.54, 1.807) is 38.6 Å². The summed E-state index contributed by atoms with van der Waals surface area (Å²) in [5.41, 5.74) is 5.44. The van der Waals surface area contributed by atoms with Crippen molar-refractivity contribution in [3.63, 3.8) is 0 Å². The van der Waals surface area contributed by atoms with Gasteiger partial charge in [-0.05, 0) is 26.8 Å². The fourth-order valence-corrected chi connectivity index (χ4v) is 2.90. The molecule has 1 saturated heterocycles. The Bertz CT molecular complexity index is 400. The van der Waals surface area contributed by atoms with E-state index in [2.05, 4.69) is 0 Å². The van der Waals surface area contributed by atoms with Crippen LogP contribution in [0.4, 0.5) is 0 Å². The Balaban J connectivity index is 2.14. The van der Waals surface area contributed by atoms with Crippen LogP contribution in [0, 0.1) is 0 Å². The summed E-state index contributed by atoms with van der Waals surface area (Å²) < 4.78 is 5.26. The molecule has 0 aromatic heterocycles. The Labute approximate surface area is 104 Å². The summed E-state index contributed by atoms with van der Waals surface area (Å²) in [6, 6.07) is -0.494. The molecule has 2 rings (SSSR count). The second-order valence-electron chi connectivity index (χ2n) is 5.05. The molecule has 2 N–H and O–H groups in total. The van der Waals surface area contributed by atoms with Crippen LogP contribution in [-0.2, 0) is 14.3 Å². The maximum absolute atomic E-state index is 11.9. The summed E-state index contributed by atoms with van der Waals surface area (Å²) in [7, 11) is 0. The van der Waals surface area contributed by atoms with Crippen molar-refractivity contribution in [2.75, 3.05) is 5.75 Å². The van der Waals surface area contributed by atoms with Crippen LogP contribution in [0.3, 0.4) is 0 Å². The van der Waals surface area contributed by atoms with E-state index in [0.717, 1.165) is 0 Å². The van der Waals surface area contributed by atoms with E-state index in [9.17, 15) is 9.59 Å². The zero-order valence-electron chi connectivity index (χ0n) is 10.1. The predicted octanol–water partition coefficient (Wildman–Crippen LogP) is 0.454. The fourth-order valence-electron chi connectivity index (χ4n) is 1.76. The molecule has 0 aliphatic carbocycles. The Morgan fingerprint density at radius 2 is 2.24 bits per heavy atom. The zero-order valence-corrected chi connectivity index (χ0v) is 10.9. The van der Waals surface area contributed by atoms with Crippen LogP contribution < -0.4 is 5.73 Å². The molecule has 5 nitrogen and oxygen atoms in total. The van der Waals surface area contributed by atoms with Crippen molar-refractivity contribution in [3.05, 3.63) is 11.8 Å². The first-order valence-corrected chi connectivity index (χ1v) is 6.50. The summed E-state index contributed by atoms with van der Waals surface area (Å²) in [4.78, 5) is 25.0. The summed E-state index contributed by atoms with van der Waals surface area (Å²) >= 11 is 1.56. The van der Waals surface area contributed by atoms with Crippen molar-refractivity contribution in [2.24, 2.45) is 5.73 Å². The molecule has 1 amide bonds. The molecular formula is C11H16N2O3S. The predicted molar refractivity (Wildman–Crippen MR) is 65.0 cm³/mol. The number of nitrogens with zero attached hydrogens (tertiary/aromatic N) is 1. The molecule has 0 bridgehead atoms. The molecule has 0 unspecified atom stereocenters. The van der Waals surface area contributed by atoms with E-state index in [-0.39, 0.29) is 11.3 Å². The van der Waals surface area contributed by atoms with Crippen molar-refractivity contribution in [1.82, 2.24) is 4.90 Å². The molecule has 6 heteroatoms. The molecule has 0 aromatic rings. The first-order chi connectivity index (χ1) is 7.81. The van der Waals surface area contributed by atoms with Crippen molar-refractivity contribution in [1.29, 1.82) is 0 Å². The van der Waals surface area contributed by atoms with Gasteiger partial charge >= 0.3 is 5.97 Å². The SMILES string of the molecule is CC(C)(C)OC(=O)C1=CCS[C@@H]2[C@H](N)C(=O)N12. The monoisotopic (exact) mass is 256 g/mol. The standard InChI is InChI=1S/C11H16N2O3S/c1-11(2,3)16-10(15)6-4-5-17-9-7(12)8(14)13(6)9/h4,7,9H,5,12H2,1-3H3/t7-,9-/m1/s1. The average molecular weight is 256 g/mol. The number of hydrogen-bond donors (Lipinski definition) is 1. The molecule has 94 valence electrons. The van der Waals surface area contributed by atoms with Crippen LogP contribution >= 0.6 is 11.8 Å². The normalized spacial score (nSPS) is 28.1. The van der Waals surface area contributed by atoms with E-state index in [1.807, 2.05) is 0 Å². The van der Waals surface area contributed by atoms with Gasteiger partial charge < -0.3 is 10.5 Å². The summed E-state index contributed by atoms with van der Waals surface area (Å²) in [5, 5.41) is -0.116. The minimum Gasteiger partial charge on any atom is -0.455 e. The second kappa shape index (κ2) is 4.03. The number of fused-ring (bicyclic) bond motifs is 1. The molecule has 2 atom stereocenters. The van der Waals surface area contributed by atoms with Crippen LogP contribution in [-0.4, -0.2) is 39.5 Å². The Morgan fingerprint density at radius 1 is 1.59 bits per heavy atom. The Hall–Kier alpha value is -1.01. The molecule has 0 saturated carbocycles. The lowest BCUT2D eigenvalue weighted by Crippen LogP contribution is -2.68. The number of rotatable bonds is 1. The largest absolute Gasteiger partial charge is 0.455 e. The summed E-state index contributed by atoms with van der Waals surface area (Å²) in [5.74, 6) is 0.0128. The van der Waals surface area contributed by atoms with Gasteiger partial charge in [0.2, 0.25) is 5.91 Å². The number of amides is 1. The Morgan fingerprint density at radius 3 is 2.82 bits per heavy atom. The van der Waals surface area contributed by atoms with Gasteiger partial charge in [-0.2, -0.15) is 0 Å². The third-order valence-electron chi connectivity index (χ3n) is 2.50. The van der Waals surface area contributed by atoms with Crippen molar-refractivity contribution in [2.45, 2.75) is 37.8 Å². The number of carbonyl (C=O) groups is 2. The number of esters is 1. The van der Waals surface area contributed by atoms with Gasteiger partial charge in [-0.25, -0.2) is 4.79 Å². The highest BCUT2D eigenvalue weighted by atomic mass is 32.2. The third kappa shape index (κ3) is 2.19. The molecule has 2 aliphatic rings. The van der Waals surface area contributed by atoms with Gasteiger partial charge in [0.25, 0.3) is 0 Å². The van der Waals surface area contributed by atoms with Gasteiger partial charge in [0.1, 0.15) is 22.7 Å². The Kier molecular flexibility index (Phi) is 2.95. The van der Waals surface area contributed by atoms with Crippen molar-refractivity contribution >= 4 is 23.6 Å². The summed E-state index contributed by atoms with van der Waals surface area (Å²) in [6.07, 6.45) is 1.72. The molecular weight excluding hydrogens is 240 g/mol. The van der Waals surface area contributed by atoms with Crippen LogP contribution in [0.25, 0.3) is 0 Å². The van der Waals surface area contributed by atoms with Gasteiger partial charge in [-0.1, -0.05) is 0 Å². The van der Waals surface area contributed by atoms with Crippen LogP contribution in [0.2, 0.25) is 0 Å². The fraction of sp³-hybridized carbons (Fsp3) is 0.636. The van der Waals surface area contributed by atoms with Crippen molar-refractivity contribution < 1.29 is 14.3 Å². The van der Waals surface area contributed by atoms with Gasteiger partial charge in [0.15, 0.2) is 0 Å². The maximum atomic E-state index is 11.9. The van der Waals surface area contributed by atoms with Crippen LogP contribution in [0.15, 0.2) is 11.8 Å². The third-order valence-corrected chi connectivity index (χ3v) is 3.70. The number of hydrogen-bond acceptors (Lipinski definition) is 5. The molecule has 0 spiro atoms. The highest BCUT2D eigenvalue weighted by molar-refractivity contribution is 8.00. The maximum Gasteiger partial charge on any atom is 0.355 e. The lowest BCUT2D eigenvalue weighted by molar-refractivity contribution is -0.157. The van der Waals surface area contributed by atoms with Crippen LogP contribution in [0.5, 0.6) is 0 Å². The topological polar surface area (TPSA) is 72.6 Å². The van der Waals surface area contributed by atoms with E-state index < -0.39 is 17.6 Å². The molecule has 0 radical (unpaired) electrons. The number of nitrogens with two attached hydrogens (primary N) is 1. The van der Waals surface area contributed by atoms with Gasteiger partial charge in [-0.15, -0.1) is 11.8 Å². The first kappa shape index (κ1) is 12.4. The molecule has 1 fully saturated rings. The number of thioether (sulfide) groups is 1. The van der Waals surface area contributed by atoms with E-state index in [1.165, 1.54) is 4.90 Å². The molecule has 2 aliphatic heterocycles. The quantitative estimate of drug-likeness (QED) is 0.545. The van der Waals surface area contributed by atoms with E-state index in [4.69, 9.17) is 10.5 Å². The highest BCUT2D eigenvalue weighted by Gasteiger charge is 2.50. The number of β-lactam (4-membered cyclic amide) rings is 1. The molecule has 17 heavy (non-hydrogen) atoms. The average Bonchev–Trinajstić information content (AvgIpc) is 2.24. The van der Waals surface area contributed by atoms with E-state index >= 15 is 0 Å². The molecule has 2 heterocycles. The first-order valence-electron chi connectivity index (χ1n) is 5.45. The zero-order chi connectivity index (χ0) is 12.8. The van der Waals surface area contributed by atoms with Gasteiger partial charge in [-0.3, -0.25) is 9.69 Å².